The van der Waals surface area contributed by atoms with E-state index in [9.17, 15) is 14.4 Å². The Labute approximate surface area is 109 Å². The maximum Gasteiger partial charge on any atom is 0.326 e. The normalized spacial score (nSPS) is 19.4. The van der Waals surface area contributed by atoms with Gasteiger partial charge in [-0.3, -0.25) is 9.59 Å². The van der Waals surface area contributed by atoms with Crippen LogP contribution in [-0.2, 0) is 14.4 Å². The number of hydrogen-bond acceptors (Lipinski definition) is 5. The van der Waals surface area contributed by atoms with Crippen LogP contribution in [0.15, 0.2) is 0 Å². The number of carbonyl (C=O) groups excluding carboxylic acids is 1. The maximum absolute atomic E-state index is 10.4. The first kappa shape index (κ1) is 16.7. The fraction of sp³-hybridized carbons (Fsp3) is 0.700. The predicted octanol–water partition coefficient (Wildman–Crippen LogP) is -0.499. The van der Waals surface area contributed by atoms with E-state index in [1.165, 1.54) is 0 Å². The lowest BCUT2D eigenvalue weighted by atomic mass is 10.2. The molecular formula is C10H18N2O5S. The van der Waals surface area contributed by atoms with Gasteiger partial charge in [0.1, 0.15) is 12.1 Å². The first-order chi connectivity index (χ1) is 8.38. The smallest absolute Gasteiger partial charge is 0.326 e. The number of thioether (sulfide) groups is 1. The number of nitrogens with one attached hydrogen (secondary N) is 1. The first-order valence-corrected chi connectivity index (χ1v) is 6.77. The fourth-order valence-corrected chi connectivity index (χ4v) is 1.66. The summed E-state index contributed by atoms with van der Waals surface area (Å²) in [5, 5.41) is 18.9. The molecule has 104 valence electrons. The summed E-state index contributed by atoms with van der Waals surface area (Å²) in [5.41, 5.74) is 5.19. The van der Waals surface area contributed by atoms with Gasteiger partial charge >= 0.3 is 11.9 Å². The molecule has 1 amide bonds. The Morgan fingerprint density at radius 3 is 2.44 bits per heavy atom. The number of rotatable bonds is 5. The van der Waals surface area contributed by atoms with Gasteiger partial charge in [0.05, 0.1) is 0 Å². The molecule has 8 heteroatoms. The molecule has 0 spiro atoms. The van der Waals surface area contributed by atoms with Gasteiger partial charge in [-0.1, -0.05) is 0 Å². The minimum absolute atomic E-state index is 0.164. The van der Waals surface area contributed by atoms with Crippen molar-refractivity contribution in [2.24, 2.45) is 5.73 Å². The lowest BCUT2D eigenvalue weighted by Gasteiger charge is -2.02. The van der Waals surface area contributed by atoms with Crippen LogP contribution in [0.4, 0.5) is 0 Å². The van der Waals surface area contributed by atoms with Crippen molar-refractivity contribution in [3.05, 3.63) is 0 Å². The highest BCUT2D eigenvalue weighted by Gasteiger charge is 2.26. The molecule has 18 heavy (non-hydrogen) atoms. The second-order valence-electron chi connectivity index (χ2n) is 3.72. The molecule has 0 saturated carbocycles. The van der Waals surface area contributed by atoms with E-state index in [2.05, 4.69) is 5.32 Å². The summed E-state index contributed by atoms with van der Waals surface area (Å²) in [5.74, 6) is -1.21. The molecule has 2 atom stereocenters. The van der Waals surface area contributed by atoms with E-state index in [1.54, 1.807) is 11.8 Å². The number of nitrogens with two attached hydrogens (primary N) is 1. The van der Waals surface area contributed by atoms with Gasteiger partial charge in [-0.05, 0) is 24.9 Å². The van der Waals surface area contributed by atoms with Crippen LogP contribution in [0.3, 0.4) is 0 Å². The highest BCUT2D eigenvalue weighted by Crippen LogP contribution is 2.05. The second kappa shape index (κ2) is 8.76. The highest BCUT2D eigenvalue weighted by atomic mass is 32.2. The van der Waals surface area contributed by atoms with Gasteiger partial charge in [0.25, 0.3) is 0 Å². The minimum Gasteiger partial charge on any atom is -0.480 e. The summed E-state index contributed by atoms with van der Waals surface area (Å²) in [6.07, 6.45) is 3.25. The van der Waals surface area contributed by atoms with Crippen LogP contribution in [0.2, 0.25) is 0 Å². The van der Waals surface area contributed by atoms with E-state index < -0.39 is 24.0 Å². The third-order valence-electron chi connectivity index (χ3n) is 2.24. The molecule has 1 aliphatic heterocycles. The molecule has 0 aliphatic carbocycles. The molecule has 0 aromatic carbocycles. The summed E-state index contributed by atoms with van der Waals surface area (Å²) >= 11 is 1.60. The molecule has 0 aromatic heterocycles. The van der Waals surface area contributed by atoms with Crippen molar-refractivity contribution < 1.29 is 24.6 Å². The van der Waals surface area contributed by atoms with Gasteiger partial charge in [0, 0.05) is 6.42 Å². The van der Waals surface area contributed by atoms with Gasteiger partial charge in [-0.15, -0.1) is 0 Å². The Morgan fingerprint density at radius 2 is 2.17 bits per heavy atom. The summed E-state index contributed by atoms with van der Waals surface area (Å²) in [6, 6.07) is -1.32. The van der Waals surface area contributed by atoms with Crippen LogP contribution in [0.5, 0.6) is 0 Å². The van der Waals surface area contributed by atoms with Crippen LogP contribution in [-0.4, -0.2) is 52.2 Å². The molecule has 0 aromatic rings. The van der Waals surface area contributed by atoms with Crippen molar-refractivity contribution in [2.45, 2.75) is 31.3 Å². The third-order valence-corrected chi connectivity index (χ3v) is 2.89. The zero-order valence-corrected chi connectivity index (χ0v) is 10.9. The zero-order valence-electron chi connectivity index (χ0n) is 10.1. The lowest BCUT2D eigenvalue weighted by molar-refractivity contribution is -0.140. The summed E-state index contributed by atoms with van der Waals surface area (Å²) in [7, 11) is 0. The van der Waals surface area contributed by atoms with Crippen molar-refractivity contribution in [2.75, 3.05) is 12.0 Å². The number of carboxylic acid groups (broad SMARTS) is 2. The van der Waals surface area contributed by atoms with Crippen molar-refractivity contribution in [3.8, 4) is 0 Å². The molecule has 0 unspecified atom stereocenters. The van der Waals surface area contributed by atoms with Gasteiger partial charge < -0.3 is 21.3 Å². The molecule has 7 nitrogen and oxygen atoms in total. The van der Waals surface area contributed by atoms with Crippen LogP contribution < -0.4 is 11.1 Å². The molecule has 1 fully saturated rings. The fourth-order valence-electron chi connectivity index (χ4n) is 1.17. The van der Waals surface area contributed by atoms with Crippen LogP contribution in [0.1, 0.15) is 19.3 Å². The van der Waals surface area contributed by atoms with E-state index in [4.69, 9.17) is 15.9 Å². The molecule has 0 bridgehead atoms. The molecule has 5 N–H and O–H groups in total. The molecule has 1 heterocycles. The maximum atomic E-state index is 10.4. The first-order valence-electron chi connectivity index (χ1n) is 5.38. The second-order valence-corrected chi connectivity index (χ2v) is 4.71. The van der Waals surface area contributed by atoms with Crippen molar-refractivity contribution in [1.29, 1.82) is 0 Å². The topological polar surface area (TPSA) is 130 Å². The molecule has 1 saturated heterocycles. The Morgan fingerprint density at radius 1 is 1.56 bits per heavy atom. The van der Waals surface area contributed by atoms with E-state index in [1.807, 2.05) is 6.26 Å². The predicted molar refractivity (Wildman–Crippen MR) is 67.4 cm³/mol. The third kappa shape index (κ3) is 7.13. The van der Waals surface area contributed by atoms with Crippen molar-refractivity contribution in [1.82, 2.24) is 5.32 Å². The monoisotopic (exact) mass is 278 g/mol. The number of aliphatic carboxylic acids is 2. The molecular weight excluding hydrogens is 260 g/mol. The Balaban J connectivity index is 0.000000321. The van der Waals surface area contributed by atoms with Gasteiger partial charge in [-0.25, -0.2) is 4.79 Å². The Bertz CT molecular complexity index is 311. The van der Waals surface area contributed by atoms with Crippen molar-refractivity contribution >= 4 is 29.6 Å². The van der Waals surface area contributed by atoms with E-state index in [-0.39, 0.29) is 5.91 Å². The zero-order chi connectivity index (χ0) is 14.1. The molecule has 1 rings (SSSR count). The number of carbonyl (C=O) groups is 3. The van der Waals surface area contributed by atoms with E-state index in [0.29, 0.717) is 19.3 Å². The average Bonchev–Trinajstić information content (AvgIpc) is 2.73. The minimum atomic E-state index is -0.944. The number of carboxylic acids is 2. The van der Waals surface area contributed by atoms with E-state index >= 15 is 0 Å². The summed E-state index contributed by atoms with van der Waals surface area (Å²) in [4.78, 5) is 30.6. The van der Waals surface area contributed by atoms with Gasteiger partial charge in [0.2, 0.25) is 5.91 Å². The molecule has 1 aliphatic rings. The quantitative estimate of drug-likeness (QED) is 0.533. The van der Waals surface area contributed by atoms with Crippen LogP contribution >= 0.6 is 11.8 Å². The lowest BCUT2D eigenvalue weighted by Crippen LogP contribution is -2.32. The summed E-state index contributed by atoms with van der Waals surface area (Å²) in [6.45, 7) is 0. The van der Waals surface area contributed by atoms with Crippen LogP contribution in [0.25, 0.3) is 0 Å². The Kier molecular flexibility index (Phi) is 8.14. The Hall–Kier alpha value is -1.28. The standard InChI is InChI=1S/C5H7NO3.C5H11NO2S/c7-4-2-1-3(6-4)5(8)9;1-9-3-2-4(6)5(7)8/h3H,1-2H2,(H,6,7)(H,8,9);4H,2-3,6H2,1H3,(H,7,8)/t3-;4-/m00/s1. The van der Waals surface area contributed by atoms with Crippen LogP contribution in [0, 0.1) is 0 Å². The molecule has 0 radical (unpaired) electrons. The number of amides is 1. The van der Waals surface area contributed by atoms with E-state index in [0.717, 1.165) is 5.75 Å². The summed E-state index contributed by atoms with van der Waals surface area (Å²) < 4.78 is 0. The van der Waals surface area contributed by atoms with Gasteiger partial charge in [-0.2, -0.15) is 11.8 Å². The van der Waals surface area contributed by atoms with Crippen molar-refractivity contribution in [3.63, 3.8) is 0 Å². The average molecular weight is 278 g/mol. The SMILES string of the molecule is CSCC[C@H](N)C(=O)O.O=C1CC[C@@H](C(=O)O)N1. The van der Waals surface area contributed by atoms with Gasteiger partial charge in [0.15, 0.2) is 0 Å². The largest absolute Gasteiger partial charge is 0.480 e. The highest BCUT2D eigenvalue weighted by molar-refractivity contribution is 7.98. The number of hydrogen-bond donors (Lipinski definition) is 4.